The van der Waals surface area contributed by atoms with Crippen molar-refractivity contribution in [2.24, 2.45) is 11.8 Å². The lowest BCUT2D eigenvalue weighted by Gasteiger charge is -2.08. The first-order valence-corrected chi connectivity index (χ1v) is 6.10. The second kappa shape index (κ2) is 9.06. The quantitative estimate of drug-likeness (QED) is 0.522. The van der Waals surface area contributed by atoms with Gasteiger partial charge in [-0.1, -0.05) is 52.9 Å². The summed E-state index contributed by atoms with van der Waals surface area (Å²) in [5.41, 5.74) is 0. The monoisotopic (exact) mass is 195 g/mol. The van der Waals surface area contributed by atoms with Gasteiger partial charge in [0.25, 0.3) is 0 Å². The second-order valence-corrected chi connectivity index (χ2v) is 4.65. The molecule has 1 nitrogen and oxygen atoms in total. The highest BCUT2D eigenvalue weighted by atomic mass is 14.3. The molecular formula is C13H25N. The first-order chi connectivity index (χ1) is 6.70. The van der Waals surface area contributed by atoms with Crippen LogP contribution in [0.4, 0.5) is 0 Å². The van der Waals surface area contributed by atoms with Gasteiger partial charge in [0.2, 0.25) is 0 Å². The maximum Gasteiger partial charge on any atom is 0.0655 e. The SMILES string of the molecule is CCCCC(C#N)CCCCC(C)C. The number of rotatable bonds is 8. The zero-order valence-corrected chi connectivity index (χ0v) is 10.1. The molecule has 0 aliphatic carbocycles. The molecule has 0 aromatic rings. The normalized spacial score (nSPS) is 12.8. The Labute approximate surface area is 89.5 Å². The minimum atomic E-state index is 0.321. The first-order valence-electron chi connectivity index (χ1n) is 6.10. The molecular weight excluding hydrogens is 170 g/mol. The smallest absolute Gasteiger partial charge is 0.0655 e. The van der Waals surface area contributed by atoms with E-state index in [0.717, 1.165) is 18.8 Å². The van der Waals surface area contributed by atoms with Gasteiger partial charge in [0, 0.05) is 5.92 Å². The highest BCUT2D eigenvalue weighted by Crippen LogP contribution is 2.17. The first kappa shape index (κ1) is 13.5. The molecule has 14 heavy (non-hydrogen) atoms. The summed E-state index contributed by atoms with van der Waals surface area (Å²) < 4.78 is 0. The Morgan fingerprint density at radius 3 is 2.07 bits per heavy atom. The average molecular weight is 195 g/mol. The van der Waals surface area contributed by atoms with Crippen molar-refractivity contribution in [2.45, 2.75) is 65.7 Å². The van der Waals surface area contributed by atoms with Gasteiger partial charge >= 0.3 is 0 Å². The zero-order valence-electron chi connectivity index (χ0n) is 10.1. The van der Waals surface area contributed by atoms with E-state index in [9.17, 15) is 0 Å². The molecule has 0 aliphatic rings. The van der Waals surface area contributed by atoms with Gasteiger partial charge in [0.1, 0.15) is 0 Å². The van der Waals surface area contributed by atoms with Crippen LogP contribution in [0.3, 0.4) is 0 Å². The molecule has 1 unspecified atom stereocenters. The van der Waals surface area contributed by atoms with Gasteiger partial charge < -0.3 is 0 Å². The van der Waals surface area contributed by atoms with Gasteiger partial charge in [-0.3, -0.25) is 0 Å². The third-order valence-electron chi connectivity index (χ3n) is 2.67. The van der Waals surface area contributed by atoms with Crippen molar-refractivity contribution >= 4 is 0 Å². The van der Waals surface area contributed by atoms with Crippen LogP contribution in [0, 0.1) is 23.2 Å². The van der Waals surface area contributed by atoms with Crippen molar-refractivity contribution in [1.29, 1.82) is 5.26 Å². The van der Waals surface area contributed by atoms with Crippen LogP contribution in [0.5, 0.6) is 0 Å². The van der Waals surface area contributed by atoms with E-state index in [1.165, 1.54) is 32.1 Å². The number of hydrogen-bond acceptors (Lipinski definition) is 1. The van der Waals surface area contributed by atoms with Crippen molar-refractivity contribution in [3.63, 3.8) is 0 Å². The van der Waals surface area contributed by atoms with Gasteiger partial charge in [-0.25, -0.2) is 0 Å². The van der Waals surface area contributed by atoms with Crippen LogP contribution in [-0.2, 0) is 0 Å². The highest BCUT2D eigenvalue weighted by molar-refractivity contribution is 4.82. The van der Waals surface area contributed by atoms with Gasteiger partial charge in [0.05, 0.1) is 6.07 Å². The van der Waals surface area contributed by atoms with Crippen LogP contribution in [0.2, 0.25) is 0 Å². The summed E-state index contributed by atoms with van der Waals surface area (Å²) in [4.78, 5) is 0. The molecule has 0 aromatic carbocycles. The van der Waals surface area contributed by atoms with E-state index in [0.29, 0.717) is 5.92 Å². The molecule has 0 aliphatic heterocycles. The number of nitriles is 1. The second-order valence-electron chi connectivity index (χ2n) is 4.65. The number of hydrogen-bond donors (Lipinski definition) is 0. The van der Waals surface area contributed by atoms with E-state index in [1.807, 2.05) is 0 Å². The van der Waals surface area contributed by atoms with E-state index in [2.05, 4.69) is 26.8 Å². The summed E-state index contributed by atoms with van der Waals surface area (Å²) >= 11 is 0. The molecule has 0 heterocycles. The van der Waals surface area contributed by atoms with E-state index in [1.54, 1.807) is 0 Å². The Kier molecular flexibility index (Phi) is 8.73. The third kappa shape index (κ3) is 8.10. The molecule has 0 bridgehead atoms. The summed E-state index contributed by atoms with van der Waals surface area (Å²) in [5.74, 6) is 1.13. The maximum atomic E-state index is 8.91. The van der Waals surface area contributed by atoms with Gasteiger partial charge in [0.15, 0.2) is 0 Å². The molecule has 1 heteroatoms. The molecule has 0 N–H and O–H groups in total. The van der Waals surface area contributed by atoms with Crippen molar-refractivity contribution in [3.05, 3.63) is 0 Å². The molecule has 0 radical (unpaired) electrons. The summed E-state index contributed by atoms with van der Waals surface area (Å²) in [6.07, 6.45) is 8.48. The van der Waals surface area contributed by atoms with Gasteiger partial charge in [-0.2, -0.15) is 5.26 Å². The number of unbranched alkanes of at least 4 members (excludes halogenated alkanes) is 2. The predicted octanol–water partition coefficient (Wildman–Crippen LogP) is 4.53. The molecule has 0 aromatic heterocycles. The molecule has 0 amide bonds. The Hall–Kier alpha value is -0.510. The van der Waals surface area contributed by atoms with Gasteiger partial charge in [-0.05, 0) is 18.8 Å². The van der Waals surface area contributed by atoms with Crippen molar-refractivity contribution in [1.82, 2.24) is 0 Å². The lowest BCUT2D eigenvalue weighted by Crippen LogP contribution is -1.97. The van der Waals surface area contributed by atoms with Crippen LogP contribution >= 0.6 is 0 Å². The maximum absolute atomic E-state index is 8.91. The van der Waals surface area contributed by atoms with Crippen LogP contribution in [-0.4, -0.2) is 0 Å². The van der Waals surface area contributed by atoms with Crippen LogP contribution < -0.4 is 0 Å². The molecule has 0 saturated heterocycles. The Balaban J connectivity index is 3.39. The number of nitrogens with zero attached hydrogens (tertiary/aromatic N) is 1. The zero-order chi connectivity index (χ0) is 10.8. The summed E-state index contributed by atoms with van der Waals surface area (Å²) in [7, 11) is 0. The Bertz CT molecular complexity index is 155. The van der Waals surface area contributed by atoms with Gasteiger partial charge in [-0.15, -0.1) is 0 Å². The molecule has 0 fully saturated rings. The van der Waals surface area contributed by atoms with Crippen LogP contribution in [0.15, 0.2) is 0 Å². The molecule has 0 saturated carbocycles. The molecule has 0 spiro atoms. The Morgan fingerprint density at radius 1 is 1.00 bits per heavy atom. The Morgan fingerprint density at radius 2 is 1.57 bits per heavy atom. The standard InChI is InChI=1S/C13H25N/c1-4-5-9-13(11-14)10-7-6-8-12(2)3/h12-13H,4-10H2,1-3H3. The topological polar surface area (TPSA) is 23.8 Å². The lowest BCUT2D eigenvalue weighted by molar-refractivity contribution is 0.467. The fourth-order valence-electron chi connectivity index (χ4n) is 1.67. The van der Waals surface area contributed by atoms with E-state index in [-0.39, 0.29) is 0 Å². The lowest BCUT2D eigenvalue weighted by atomic mass is 9.95. The van der Waals surface area contributed by atoms with E-state index in [4.69, 9.17) is 5.26 Å². The minimum absolute atomic E-state index is 0.321. The predicted molar refractivity (Wildman–Crippen MR) is 61.9 cm³/mol. The largest absolute Gasteiger partial charge is 0.198 e. The molecule has 82 valence electrons. The average Bonchev–Trinajstić information content (AvgIpc) is 2.16. The van der Waals surface area contributed by atoms with Crippen LogP contribution in [0.1, 0.15) is 65.7 Å². The molecule has 0 rings (SSSR count). The third-order valence-corrected chi connectivity index (χ3v) is 2.67. The molecule has 1 atom stereocenters. The summed E-state index contributed by atoms with van der Waals surface area (Å²) in [5, 5.41) is 8.91. The van der Waals surface area contributed by atoms with Crippen LogP contribution in [0.25, 0.3) is 0 Å². The van der Waals surface area contributed by atoms with E-state index < -0.39 is 0 Å². The highest BCUT2D eigenvalue weighted by Gasteiger charge is 2.06. The van der Waals surface area contributed by atoms with Crippen molar-refractivity contribution in [2.75, 3.05) is 0 Å². The summed E-state index contributed by atoms with van der Waals surface area (Å²) in [6, 6.07) is 2.42. The van der Waals surface area contributed by atoms with Crippen molar-refractivity contribution in [3.8, 4) is 6.07 Å². The fourth-order valence-corrected chi connectivity index (χ4v) is 1.67. The summed E-state index contributed by atoms with van der Waals surface area (Å²) in [6.45, 7) is 6.71. The van der Waals surface area contributed by atoms with Crippen molar-refractivity contribution < 1.29 is 0 Å². The minimum Gasteiger partial charge on any atom is -0.198 e. The fraction of sp³-hybridized carbons (Fsp3) is 0.923. The van der Waals surface area contributed by atoms with E-state index >= 15 is 0 Å².